The van der Waals surface area contributed by atoms with Gasteiger partial charge in [0, 0.05) is 24.8 Å². The van der Waals surface area contributed by atoms with Crippen molar-refractivity contribution in [2.24, 2.45) is 0 Å². The van der Waals surface area contributed by atoms with Crippen LogP contribution in [0.2, 0.25) is 0 Å². The predicted molar refractivity (Wildman–Crippen MR) is 116 cm³/mol. The van der Waals surface area contributed by atoms with Gasteiger partial charge in [-0.05, 0) is 60.9 Å². The third-order valence-corrected chi connectivity index (χ3v) is 8.46. The summed E-state index contributed by atoms with van der Waals surface area (Å²) in [5.41, 5.74) is 2.67. The van der Waals surface area contributed by atoms with Gasteiger partial charge in [-0.15, -0.1) is 0 Å². The lowest BCUT2D eigenvalue weighted by Crippen LogP contribution is -2.36. The molecular weight excluding hydrogens is 458 g/mol. The van der Waals surface area contributed by atoms with Gasteiger partial charge in [-0.25, -0.2) is 25.6 Å². The van der Waals surface area contributed by atoms with E-state index in [9.17, 15) is 25.6 Å². The van der Waals surface area contributed by atoms with Crippen LogP contribution in [0.4, 0.5) is 14.5 Å². The first-order valence-electron chi connectivity index (χ1n) is 9.72. The number of anilines is 1. The number of hydrogen-bond donors (Lipinski definition) is 1. The Kier molecular flexibility index (Phi) is 5.78. The highest BCUT2D eigenvalue weighted by molar-refractivity contribution is 7.92. The highest BCUT2D eigenvalue weighted by atomic mass is 32.2. The van der Waals surface area contributed by atoms with Crippen LogP contribution in [-0.4, -0.2) is 27.7 Å². The molecule has 0 saturated heterocycles. The number of benzene rings is 3. The van der Waals surface area contributed by atoms with Crippen LogP contribution in [0.25, 0.3) is 0 Å². The fourth-order valence-electron chi connectivity index (χ4n) is 3.56. The van der Waals surface area contributed by atoms with Gasteiger partial charge in [0.05, 0.1) is 9.79 Å². The predicted octanol–water partition coefficient (Wildman–Crippen LogP) is 3.82. The first-order valence-corrected chi connectivity index (χ1v) is 12.6. The maximum absolute atomic E-state index is 13.4. The molecule has 0 saturated carbocycles. The van der Waals surface area contributed by atoms with E-state index in [-0.39, 0.29) is 17.1 Å². The number of aryl methyl sites for hydroxylation is 1. The van der Waals surface area contributed by atoms with Gasteiger partial charge in [0.15, 0.2) is 0 Å². The van der Waals surface area contributed by atoms with Gasteiger partial charge in [0.1, 0.15) is 11.6 Å². The Balaban J connectivity index is 1.59. The van der Waals surface area contributed by atoms with Crippen molar-refractivity contribution in [2.45, 2.75) is 29.7 Å². The van der Waals surface area contributed by atoms with Crippen molar-refractivity contribution >= 4 is 25.7 Å². The minimum atomic E-state index is -4.24. The van der Waals surface area contributed by atoms with E-state index in [1.807, 2.05) is 6.92 Å². The van der Waals surface area contributed by atoms with Crippen molar-refractivity contribution in [3.05, 3.63) is 89.0 Å². The SMILES string of the molecule is Cc1ccc(S(=O)(=O)N2CCc3ccc(NS(=O)(=O)c4cc(F)cc(F)c4)cc3C2)cc1. The zero-order valence-corrected chi connectivity index (χ0v) is 18.7. The standard InChI is InChI=1S/C22H20F2N2O4S2/c1-15-2-6-21(7-3-15)32(29,30)26-9-8-16-4-5-20(10-17(16)14-26)25-31(27,28)22-12-18(23)11-19(24)13-22/h2-7,10-13,25H,8-9,14H2,1H3. The Morgan fingerprint density at radius 3 is 2.12 bits per heavy atom. The Labute approximate surface area is 185 Å². The second-order valence-corrected chi connectivity index (χ2v) is 11.2. The number of nitrogens with zero attached hydrogens (tertiary/aromatic N) is 1. The Hall–Kier alpha value is -2.82. The Bertz CT molecular complexity index is 1370. The molecule has 32 heavy (non-hydrogen) atoms. The first kappa shape index (κ1) is 22.4. The molecule has 0 atom stereocenters. The van der Waals surface area contributed by atoms with Crippen molar-refractivity contribution in [3.8, 4) is 0 Å². The number of hydrogen-bond acceptors (Lipinski definition) is 4. The maximum Gasteiger partial charge on any atom is 0.262 e. The summed E-state index contributed by atoms with van der Waals surface area (Å²) in [7, 11) is -7.95. The summed E-state index contributed by atoms with van der Waals surface area (Å²) < 4.78 is 81.7. The molecule has 0 bridgehead atoms. The summed E-state index contributed by atoms with van der Waals surface area (Å²) in [6.45, 7) is 2.25. The normalized spacial score (nSPS) is 14.7. The number of halogens is 2. The van der Waals surface area contributed by atoms with E-state index in [0.29, 0.717) is 24.6 Å². The molecule has 1 heterocycles. The second kappa shape index (κ2) is 8.27. The lowest BCUT2D eigenvalue weighted by atomic mass is 10.0. The minimum Gasteiger partial charge on any atom is -0.280 e. The fraction of sp³-hybridized carbons (Fsp3) is 0.182. The van der Waals surface area contributed by atoms with Crippen LogP contribution >= 0.6 is 0 Å². The van der Waals surface area contributed by atoms with Gasteiger partial charge in [0.25, 0.3) is 10.0 Å². The quantitative estimate of drug-likeness (QED) is 0.604. The molecule has 1 aliphatic rings. The molecule has 168 valence electrons. The number of nitrogens with one attached hydrogen (secondary N) is 1. The van der Waals surface area contributed by atoms with Crippen molar-refractivity contribution < 1.29 is 25.6 Å². The average molecular weight is 479 g/mol. The van der Waals surface area contributed by atoms with Crippen LogP contribution in [0.15, 0.2) is 70.5 Å². The van der Waals surface area contributed by atoms with E-state index in [0.717, 1.165) is 23.3 Å². The summed E-state index contributed by atoms with van der Waals surface area (Å²) >= 11 is 0. The fourth-order valence-corrected chi connectivity index (χ4v) is 6.07. The van der Waals surface area contributed by atoms with Crippen LogP contribution in [0.1, 0.15) is 16.7 Å². The average Bonchev–Trinajstić information content (AvgIpc) is 2.72. The van der Waals surface area contributed by atoms with Crippen LogP contribution < -0.4 is 4.72 Å². The summed E-state index contributed by atoms with van der Waals surface area (Å²) in [4.78, 5) is -0.354. The lowest BCUT2D eigenvalue weighted by Gasteiger charge is -2.28. The molecule has 10 heteroatoms. The Morgan fingerprint density at radius 2 is 1.47 bits per heavy atom. The molecular formula is C22H20F2N2O4S2. The van der Waals surface area contributed by atoms with E-state index in [2.05, 4.69) is 4.72 Å². The van der Waals surface area contributed by atoms with Gasteiger partial charge in [-0.2, -0.15) is 4.31 Å². The van der Waals surface area contributed by atoms with Gasteiger partial charge in [-0.3, -0.25) is 4.72 Å². The van der Waals surface area contributed by atoms with E-state index in [1.54, 1.807) is 36.4 Å². The van der Waals surface area contributed by atoms with Crippen molar-refractivity contribution in [3.63, 3.8) is 0 Å². The third kappa shape index (κ3) is 4.52. The highest BCUT2D eigenvalue weighted by Crippen LogP contribution is 2.28. The molecule has 0 unspecified atom stereocenters. The smallest absolute Gasteiger partial charge is 0.262 e. The monoisotopic (exact) mass is 478 g/mol. The molecule has 0 amide bonds. The molecule has 3 aromatic rings. The summed E-state index contributed by atoms with van der Waals surface area (Å²) in [5, 5.41) is 0. The van der Waals surface area contributed by atoms with Gasteiger partial charge < -0.3 is 0 Å². The Morgan fingerprint density at radius 1 is 0.812 bits per heavy atom. The zero-order valence-electron chi connectivity index (χ0n) is 17.0. The topological polar surface area (TPSA) is 83.6 Å². The van der Waals surface area contributed by atoms with Crippen LogP contribution in [0, 0.1) is 18.6 Å². The summed E-state index contributed by atoms with van der Waals surface area (Å²) in [6.07, 6.45) is 0.475. The highest BCUT2D eigenvalue weighted by Gasteiger charge is 2.28. The molecule has 0 fully saturated rings. The molecule has 0 aromatic heterocycles. The van der Waals surface area contributed by atoms with Crippen LogP contribution in [0.5, 0.6) is 0 Å². The van der Waals surface area contributed by atoms with Crippen LogP contribution in [0.3, 0.4) is 0 Å². The number of fused-ring (bicyclic) bond motifs is 1. The van der Waals surface area contributed by atoms with Crippen molar-refractivity contribution in [1.29, 1.82) is 0 Å². The van der Waals surface area contributed by atoms with Crippen molar-refractivity contribution in [2.75, 3.05) is 11.3 Å². The van der Waals surface area contributed by atoms with Crippen molar-refractivity contribution in [1.82, 2.24) is 4.31 Å². The van der Waals surface area contributed by atoms with Gasteiger partial charge in [0.2, 0.25) is 10.0 Å². The van der Waals surface area contributed by atoms with Gasteiger partial charge >= 0.3 is 0 Å². The lowest BCUT2D eigenvalue weighted by molar-refractivity contribution is 0.391. The summed E-state index contributed by atoms with van der Waals surface area (Å²) in [5.74, 6) is -2.01. The van der Waals surface area contributed by atoms with Gasteiger partial charge in [-0.1, -0.05) is 23.8 Å². The maximum atomic E-state index is 13.4. The molecule has 1 aliphatic heterocycles. The van der Waals surface area contributed by atoms with E-state index in [1.165, 1.54) is 10.4 Å². The second-order valence-electron chi connectivity index (χ2n) is 7.60. The molecule has 0 radical (unpaired) electrons. The number of rotatable bonds is 5. The molecule has 0 aliphatic carbocycles. The molecule has 0 spiro atoms. The van der Waals surface area contributed by atoms with Crippen LogP contribution in [-0.2, 0) is 33.0 Å². The summed E-state index contributed by atoms with van der Waals surface area (Å²) in [6, 6.07) is 13.4. The van der Waals surface area contributed by atoms with E-state index < -0.39 is 36.6 Å². The zero-order chi connectivity index (χ0) is 23.1. The van der Waals surface area contributed by atoms with E-state index >= 15 is 0 Å². The molecule has 1 N–H and O–H groups in total. The van der Waals surface area contributed by atoms with E-state index in [4.69, 9.17) is 0 Å². The third-order valence-electron chi connectivity index (χ3n) is 5.24. The molecule has 6 nitrogen and oxygen atoms in total. The largest absolute Gasteiger partial charge is 0.280 e. The molecule has 3 aromatic carbocycles. The first-order chi connectivity index (χ1) is 15.0. The minimum absolute atomic E-state index is 0.0791. The number of sulfonamides is 2. The molecule has 4 rings (SSSR count).